The highest BCUT2D eigenvalue weighted by molar-refractivity contribution is 5.29. The van der Waals surface area contributed by atoms with Gasteiger partial charge in [0.2, 0.25) is 0 Å². The molecule has 2 aromatic rings. The quantitative estimate of drug-likeness (QED) is 0.178. The molecule has 0 aliphatic carbocycles. The lowest BCUT2D eigenvalue weighted by Gasteiger charge is -2.17. The summed E-state index contributed by atoms with van der Waals surface area (Å²) in [6.07, 6.45) is -11.8. The summed E-state index contributed by atoms with van der Waals surface area (Å²) in [5.74, 6) is 5.04. The Balaban J connectivity index is 0.000000220. The first-order valence-electron chi connectivity index (χ1n) is 11.5. The summed E-state index contributed by atoms with van der Waals surface area (Å²) in [4.78, 5) is 49.5. The molecule has 2 aromatic heterocycles. The van der Waals surface area contributed by atoms with E-state index in [1.165, 1.54) is 6.92 Å². The molecule has 18 heteroatoms. The van der Waals surface area contributed by atoms with Crippen molar-refractivity contribution in [1.29, 1.82) is 0 Å². The largest absolute Gasteiger partial charge is 0.423 e. The van der Waals surface area contributed by atoms with Gasteiger partial charge in [0.15, 0.2) is 6.23 Å². The van der Waals surface area contributed by atoms with Crippen LogP contribution in [-0.4, -0.2) is 88.4 Å². The van der Waals surface area contributed by atoms with Gasteiger partial charge in [-0.05, 0) is 6.92 Å². The Morgan fingerprint density at radius 2 is 1.52 bits per heavy atom. The third-order valence-corrected chi connectivity index (χ3v) is 5.99. The van der Waals surface area contributed by atoms with Crippen molar-refractivity contribution >= 4 is 0 Å². The molecular weight excluding hydrogens is 553 g/mol. The van der Waals surface area contributed by atoms with E-state index in [2.05, 4.69) is 16.8 Å². The van der Waals surface area contributed by atoms with Gasteiger partial charge in [-0.1, -0.05) is 5.92 Å². The van der Waals surface area contributed by atoms with Crippen LogP contribution in [0.25, 0.3) is 0 Å². The third kappa shape index (κ3) is 6.42. The van der Waals surface area contributed by atoms with E-state index in [-0.39, 0.29) is 12.0 Å². The van der Waals surface area contributed by atoms with Crippen LogP contribution in [0.4, 0.5) is 13.2 Å². The van der Waals surface area contributed by atoms with Crippen molar-refractivity contribution in [3.8, 4) is 11.8 Å². The molecule has 2 aliphatic heterocycles. The molecule has 2 saturated heterocycles. The molecule has 0 aromatic carbocycles. The standard InChI is InChI=1S/C12H14N2O6.C10H11F3N2O5/c1-2-3-6-4-14(12(19)13-10(6)18)11-9(17)8(16)7(5-15)20-11;11-10(12,13)4-2-15(9(19)14-8(4)18)7-1-5(17)6(3-16)20-7/h4,7-9,11,15-17H,5H2,1H3,(H,13,18,19);2,5-7,16-17H,1,3H2,(H,14,18,19)/t7-,8-,9+,11?;5-,6+,7+/m10/s1. The fourth-order valence-electron chi connectivity index (χ4n) is 3.96. The van der Waals surface area contributed by atoms with Gasteiger partial charge < -0.3 is 35.0 Å². The summed E-state index contributed by atoms with van der Waals surface area (Å²) in [7, 11) is 0. The van der Waals surface area contributed by atoms with Crippen molar-refractivity contribution in [2.75, 3.05) is 13.2 Å². The Labute approximate surface area is 220 Å². The molecule has 40 heavy (non-hydrogen) atoms. The number of halogens is 3. The number of aromatic amines is 2. The number of ether oxygens (including phenoxy) is 2. The average molecular weight is 578 g/mol. The summed E-state index contributed by atoms with van der Waals surface area (Å²) < 4.78 is 49.6. The average Bonchev–Trinajstić information content (AvgIpc) is 3.39. The first-order chi connectivity index (χ1) is 18.7. The van der Waals surface area contributed by atoms with Crippen LogP contribution < -0.4 is 22.5 Å². The second kappa shape index (κ2) is 12.3. The highest BCUT2D eigenvalue weighted by atomic mass is 19.4. The summed E-state index contributed by atoms with van der Waals surface area (Å²) in [5.41, 5.74) is -5.58. The molecule has 0 amide bonds. The van der Waals surface area contributed by atoms with Gasteiger partial charge in [0.25, 0.3) is 11.1 Å². The number of alkyl halides is 3. The van der Waals surface area contributed by atoms with Crippen molar-refractivity contribution in [3.63, 3.8) is 0 Å². The number of hydrogen-bond acceptors (Lipinski definition) is 11. The van der Waals surface area contributed by atoms with Crippen molar-refractivity contribution < 1.29 is 48.2 Å². The zero-order chi connectivity index (χ0) is 29.9. The van der Waals surface area contributed by atoms with Gasteiger partial charge in [-0.25, -0.2) is 9.59 Å². The Morgan fingerprint density at radius 3 is 2.05 bits per heavy atom. The zero-order valence-corrected chi connectivity index (χ0v) is 20.5. The van der Waals surface area contributed by atoms with Crippen molar-refractivity contribution in [2.45, 2.75) is 62.5 Å². The minimum atomic E-state index is -4.92. The Hall–Kier alpha value is -3.57. The van der Waals surface area contributed by atoms with Crippen LogP contribution in [0.3, 0.4) is 0 Å². The second-order valence-electron chi connectivity index (χ2n) is 8.64. The van der Waals surface area contributed by atoms with Gasteiger partial charge >= 0.3 is 17.6 Å². The van der Waals surface area contributed by atoms with Gasteiger partial charge in [-0.3, -0.25) is 28.7 Å². The van der Waals surface area contributed by atoms with Gasteiger partial charge in [-0.2, -0.15) is 13.2 Å². The zero-order valence-electron chi connectivity index (χ0n) is 20.5. The number of aliphatic hydroxyl groups excluding tert-OH is 5. The Morgan fingerprint density at radius 1 is 0.925 bits per heavy atom. The summed E-state index contributed by atoms with van der Waals surface area (Å²) >= 11 is 0. The van der Waals surface area contributed by atoms with Gasteiger partial charge in [0.1, 0.15) is 41.8 Å². The monoisotopic (exact) mass is 578 g/mol. The molecule has 0 radical (unpaired) electrons. The van der Waals surface area contributed by atoms with Crippen molar-refractivity contribution in [2.24, 2.45) is 0 Å². The Bertz CT molecular complexity index is 1500. The van der Waals surface area contributed by atoms with E-state index in [1.807, 2.05) is 0 Å². The number of nitrogens with one attached hydrogen (secondary N) is 2. The maximum atomic E-state index is 12.6. The summed E-state index contributed by atoms with van der Waals surface area (Å²) in [6.45, 7) is 0.484. The number of rotatable bonds is 4. The van der Waals surface area contributed by atoms with E-state index in [0.717, 1.165) is 10.8 Å². The van der Waals surface area contributed by atoms with E-state index < -0.39 is 90.4 Å². The molecule has 7 atom stereocenters. The normalized spacial score (nSPS) is 28.0. The lowest BCUT2D eigenvalue weighted by Crippen LogP contribution is -2.38. The Kier molecular flexibility index (Phi) is 9.52. The van der Waals surface area contributed by atoms with E-state index in [4.69, 9.17) is 19.7 Å². The van der Waals surface area contributed by atoms with Gasteiger partial charge in [0, 0.05) is 18.8 Å². The molecule has 2 fully saturated rings. The van der Waals surface area contributed by atoms with Crippen LogP contribution in [-0.2, 0) is 15.7 Å². The number of hydrogen-bond donors (Lipinski definition) is 7. The molecule has 7 N–H and O–H groups in total. The fraction of sp³-hybridized carbons (Fsp3) is 0.545. The maximum absolute atomic E-state index is 12.6. The summed E-state index contributed by atoms with van der Waals surface area (Å²) in [6, 6.07) is 0. The first kappa shape index (κ1) is 31.0. The molecule has 0 bridgehead atoms. The molecule has 15 nitrogen and oxygen atoms in total. The predicted molar refractivity (Wildman–Crippen MR) is 125 cm³/mol. The lowest BCUT2D eigenvalue weighted by molar-refractivity contribution is -0.139. The smallest absolute Gasteiger partial charge is 0.394 e. The highest BCUT2D eigenvalue weighted by Gasteiger charge is 2.44. The highest BCUT2D eigenvalue weighted by Crippen LogP contribution is 2.30. The number of nitrogens with zero attached hydrogens (tertiary/aromatic N) is 2. The van der Waals surface area contributed by atoms with Crippen LogP contribution >= 0.6 is 0 Å². The topological polar surface area (TPSA) is 229 Å². The van der Waals surface area contributed by atoms with Crippen LogP contribution in [0.2, 0.25) is 0 Å². The van der Waals surface area contributed by atoms with Crippen LogP contribution in [0.5, 0.6) is 0 Å². The molecule has 4 heterocycles. The predicted octanol–water partition coefficient (Wildman–Crippen LogP) is -3.28. The molecule has 0 spiro atoms. The van der Waals surface area contributed by atoms with E-state index >= 15 is 0 Å². The second-order valence-corrected chi connectivity index (χ2v) is 8.64. The lowest BCUT2D eigenvalue weighted by atomic mass is 10.1. The number of aromatic nitrogens is 4. The molecular formula is C22H25F3N4O11. The first-order valence-corrected chi connectivity index (χ1v) is 11.5. The van der Waals surface area contributed by atoms with E-state index in [1.54, 1.807) is 4.98 Å². The van der Waals surface area contributed by atoms with Gasteiger partial charge in [-0.15, -0.1) is 5.92 Å². The molecule has 1 unspecified atom stereocenters. The van der Waals surface area contributed by atoms with Crippen LogP contribution in [0, 0.1) is 11.8 Å². The fourth-order valence-corrected chi connectivity index (χ4v) is 3.96. The molecule has 220 valence electrons. The maximum Gasteiger partial charge on any atom is 0.423 e. The number of H-pyrrole nitrogens is 2. The summed E-state index contributed by atoms with van der Waals surface area (Å²) in [5, 5.41) is 46.9. The van der Waals surface area contributed by atoms with Crippen molar-refractivity contribution in [3.05, 3.63) is 65.2 Å². The minimum absolute atomic E-state index is 0.0323. The third-order valence-electron chi connectivity index (χ3n) is 5.99. The van der Waals surface area contributed by atoms with E-state index in [9.17, 15) is 47.7 Å². The van der Waals surface area contributed by atoms with Crippen molar-refractivity contribution in [1.82, 2.24) is 19.1 Å². The van der Waals surface area contributed by atoms with E-state index in [0.29, 0.717) is 10.8 Å². The van der Waals surface area contributed by atoms with Crippen LogP contribution in [0.15, 0.2) is 31.6 Å². The van der Waals surface area contributed by atoms with Gasteiger partial charge in [0.05, 0.1) is 19.3 Å². The minimum Gasteiger partial charge on any atom is -0.394 e. The molecule has 4 rings (SSSR count). The van der Waals surface area contributed by atoms with Crippen LogP contribution in [0.1, 0.15) is 36.9 Å². The molecule has 0 saturated carbocycles. The SMILES string of the molecule is CC#Cc1cn(C2O[C@H](CO)[C@@H](O)[C@@H]2O)c(=O)[nH]c1=O.O=c1[nH]c(=O)n([C@H]2C[C@H](O)[C@@H](CO)O2)cc1C(F)(F)F. The number of aliphatic hydroxyl groups is 5. The molecule has 2 aliphatic rings.